The number of amides is 1. The molecule has 2 fully saturated rings. The average molecular weight is 305 g/mol. The van der Waals surface area contributed by atoms with E-state index in [1.165, 1.54) is 25.7 Å². The van der Waals surface area contributed by atoms with Crippen molar-refractivity contribution in [3.63, 3.8) is 0 Å². The van der Waals surface area contributed by atoms with E-state index in [1.54, 1.807) is 4.68 Å². The predicted molar refractivity (Wildman–Crippen MR) is 84.8 cm³/mol. The summed E-state index contributed by atoms with van der Waals surface area (Å²) in [4.78, 5) is 14.7. The fraction of sp³-hybridized carbons (Fsp3) is 0.765. The Morgan fingerprint density at radius 1 is 1.50 bits per heavy atom. The maximum Gasteiger partial charge on any atom is 0.274 e. The van der Waals surface area contributed by atoms with Crippen LogP contribution >= 0.6 is 0 Å². The molecule has 0 aromatic carbocycles. The van der Waals surface area contributed by atoms with Crippen molar-refractivity contribution < 1.29 is 9.53 Å². The Bertz CT molecular complexity index is 541. The Kier molecular flexibility index (Phi) is 4.02. The second kappa shape index (κ2) is 5.69. The van der Waals surface area contributed by atoms with Gasteiger partial charge in [0.1, 0.15) is 0 Å². The normalized spacial score (nSPS) is 26.2. The second-order valence-electron chi connectivity index (χ2n) is 6.85. The van der Waals surface area contributed by atoms with Crippen LogP contribution in [0.2, 0.25) is 0 Å². The highest BCUT2D eigenvalue weighted by Crippen LogP contribution is 2.56. The number of hydrogen-bond donors (Lipinski definition) is 0. The maximum atomic E-state index is 12.8. The van der Waals surface area contributed by atoms with Crippen LogP contribution in [-0.4, -0.2) is 46.4 Å². The molecule has 5 nitrogen and oxygen atoms in total. The number of aromatic nitrogens is 2. The fourth-order valence-corrected chi connectivity index (χ4v) is 4.38. The highest BCUT2D eigenvalue weighted by Gasteiger charge is 2.58. The van der Waals surface area contributed by atoms with Gasteiger partial charge in [-0.05, 0) is 39.2 Å². The molecule has 2 aliphatic rings. The van der Waals surface area contributed by atoms with Crippen molar-refractivity contribution in [1.29, 1.82) is 0 Å². The monoisotopic (exact) mass is 305 g/mol. The molecular weight excluding hydrogens is 278 g/mol. The van der Waals surface area contributed by atoms with Gasteiger partial charge in [0.05, 0.1) is 6.10 Å². The highest BCUT2D eigenvalue weighted by atomic mass is 16.5. The number of rotatable bonds is 4. The van der Waals surface area contributed by atoms with Gasteiger partial charge >= 0.3 is 0 Å². The van der Waals surface area contributed by atoms with E-state index < -0.39 is 0 Å². The quantitative estimate of drug-likeness (QED) is 0.859. The summed E-state index contributed by atoms with van der Waals surface area (Å²) in [5.74, 6) is 0.0370. The molecule has 2 saturated carbocycles. The molecule has 1 spiro atoms. The van der Waals surface area contributed by atoms with E-state index in [1.807, 2.05) is 32.0 Å². The van der Waals surface area contributed by atoms with Gasteiger partial charge in [-0.1, -0.05) is 12.8 Å². The zero-order valence-electron chi connectivity index (χ0n) is 14.1. The lowest BCUT2D eigenvalue weighted by molar-refractivity contribution is -0.152. The van der Waals surface area contributed by atoms with Gasteiger partial charge in [-0.3, -0.25) is 9.48 Å². The minimum Gasteiger partial charge on any atom is -0.378 e. The third-order valence-electron chi connectivity index (χ3n) is 5.77. The number of carbonyl (C=O) groups excluding carboxylic acids is 1. The summed E-state index contributed by atoms with van der Waals surface area (Å²) in [7, 11) is 3.80. The first-order valence-corrected chi connectivity index (χ1v) is 8.39. The van der Waals surface area contributed by atoms with Crippen molar-refractivity contribution >= 4 is 5.91 Å². The molecule has 2 atom stereocenters. The van der Waals surface area contributed by atoms with Gasteiger partial charge in [0, 0.05) is 37.9 Å². The summed E-state index contributed by atoms with van der Waals surface area (Å²) < 4.78 is 7.71. The van der Waals surface area contributed by atoms with Gasteiger partial charge in [-0.25, -0.2) is 0 Å². The van der Waals surface area contributed by atoms with E-state index in [0.717, 1.165) is 18.7 Å². The van der Waals surface area contributed by atoms with Gasteiger partial charge in [0.25, 0.3) is 5.91 Å². The molecule has 22 heavy (non-hydrogen) atoms. The average Bonchev–Trinajstić information content (AvgIpc) is 3.11. The van der Waals surface area contributed by atoms with Gasteiger partial charge in [-0.15, -0.1) is 0 Å². The highest BCUT2D eigenvalue weighted by molar-refractivity contribution is 5.92. The minimum absolute atomic E-state index is 0.0370. The Morgan fingerprint density at radius 3 is 2.73 bits per heavy atom. The van der Waals surface area contributed by atoms with Crippen LogP contribution in [0.15, 0.2) is 6.07 Å². The fourth-order valence-electron chi connectivity index (χ4n) is 4.38. The molecule has 0 saturated heterocycles. The zero-order valence-corrected chi connectivity index (χ0v) is 14.1. The molecule has 1 amide bonds. The summed E-state index contributed by atoms with van der Waals surface area (Å²) in [6.45, 7) is 4.79. The number of ether oxygens (including phenoxy) is 1. The molecule has 122 valence electrons. The van der Waals surface area contributed by atoms with E-state index in [9.17, 15) is 4.79 Å². The lowest BCUT2D eigenvalue weighted by atomic mass is 9.60. The molecule has 5 heteroatoms. The Morgan fingerprint density at radius 2 is 2.18 bits per heavy atom. The first kappa shape index (κ1) is 15.5. The molecule has 1 heterocycles. The maximum absolute atomic E-state index is 12.8. The molecule has 3 rings (SSSR count). The number of carbonyl (C=O) groups is 1. The second-order valence-corrected chi connectivity index (χ2v) is 6.85. The standard InChI is InChI=1S/C17H27N3O2/c1-5-22-15-11-14(17(15)8-6-7-9-17)19(3)16(21)13-10-12(2)20(4)18-13/h10,14-15H,5-9,11H2,1-4H3/t14-,15+/m1/s1. The summed E-state index contributed by atoms with van der Waals surface area (Å²) in [6.07, 6.45) is 6.16. The molecule has 2 aliphatic carbocycles. The lowest BCUT2D eigenvalue weighted by Gasteiger charge is -2.56. The molecule has 0 radical (unpaired) electrons. The number of aryl methyl sites for hydroxylation is 2. The van der Waals surface area contributed by atoms with Crippen molar-refractivity contribution in [2.45, 2.75) is 58.1 Å². The Hall–Kier alpha value is -1.36. The van der Waals surface area contributed by atoms with E-state index in [2.05, 4.69) is 12.0 Å². The smallest absolute Gasteiger partial charge is 0.274 e. The van der Waals surface area contributed by atoms with Crippen LogP contribution in [0.25, 0.3) is 0 Å². The summed E-state index contributed by atoms with van der Waals surface area (Å²) >= 11 is 0. The number of hydrogen-bond acceptors (Lipinski definition) is 3. The predicted octanol–water partition coefficient (Wildman–Crippen LogP) is 2.54. The van der Waals surface area contributed by atoms with Gasteiger partial charge in [0.2, 0.25) is 0 Å². The first-order chi connectivity index (χ1) is 10.5. The lowest BCUT2D eigenvalue weighted by Crippen LogP contribution is -2.64. The molecule has 0 unspecified atom stereocenters. The Balaban J connectivity index is 1.77. The summed E-state index contributed by atoms with van der Waals surface area (Å²) in [5, 5.41) is 4.34. The van der Waals surface area contributed by atoms with E-state index >= 15 is 0 Å². The molecule has 1 aromatic rings. The summed E-state index contributed by atoms with van der Waals surface area (Å²) in [6, 6.07) is 2.17. The van der Waals surface area contributed by atoms with Crippen molar-refractivity contribution in [2.24, 2.45) is 12.5 Å². The van der Waals surface area contributed by atoms with Crippen LogP contribution in [0.4, 0.5) is 0 Å². The molecule has 0 N–H and O–H groups in total. The molecule has 0 bridgehead atoms. The van der Waals surface area contributed by atoms with Crippen LogP contribution in [0.3, 0.4) is 0 Å². The van der Waals surface area contributed by atoms with E-state index in [-0.39, 0.29) is 11.3 Å². The van der Waals surface area contributed by atoms with Crippen LogP contribution in [0.1, 0.15) is 55.2 Å². The van der Waals surface area contributed by atoms with Crippen LogP contribution in [0, 0.1) is 12.3 Å². The SMILES string of the molecule is CCO[C@H]1C[C@@H](N(C)C(=O)c2cc(C)n(C)n2)C12CCCC2. The van der Waals surface area contributed by atoms with Crippen LogP contribution in [0.5, 0.6) is 0 Å². The number of nitrogens with zero attached hydrogens (tertiary/aromatic N) is 3. The molecule has 1 aromatic heterocycles. The van der Waals surface area contributed by atoms with Gasteiger partial charge in [-0.2, -0.15) is 5.10 Å². The van der Waals surface area contributed by atoms with Crippen LogP contribution < -0.4 is 0 Å². The van der Waals surface area contributed by atoms with Gasteiger partial charge in [0.15, 0.2) is 5.69 Å². The zero-order chi connectivity index (χ0) is 15.9. The van der Waals surface area contributed by atoms with Crippen molar-refractivity contribution in [3.8, 4) is 0 Å². The third kappa shape index (κ3) is 2.26. The third-order valence-corrected chi connectivity index (χ3v) is 5.77. The van der Waals surface area contributed by atoms with Crippen molar-refractivity contribution in [2.75, 3.05) is 13.7 Å². The molecular formula is C17H27N3O2. The van der Waals surface area contributed by atoms with E-state index in [4.69, 9.17) is 4.74 Å². The minimum atomic E-state index is 0.0370. The summed E-state index contributed by atoms with van der Waals surface area (Å²) in [5.41, 5.74) is 1.74. The molecule has 0 aliphatic heterocycles. The topological polar surface area (TPSA) is 47.4 Å². The van der Waals surface area contributed by atoms with Crippen molar-refractivity contribution in [3.05, 3.63) is 17.5 Å². The first-order valence-electron chi connectivity index (χ1n) is 8.39. The Labute approximate surface area is 132 Å². The van der Waals surface area contributed by atoms with E-state index in [0.29, 0.717) is 17.8 Å². The van der Waals surface area contributed by atoms with Crippen molar-refractivity contribution in [1.82, 2.24) is 14.7 Å². The largest absolute Gasteiger partial charge is 0.378 e. The van der Waals surface area contributed by atoms with Crippen LogP contribution in [-0.2, 0) is 11.8 Å². The van der Waals surface area contributed by atoms with Gasteiger partial charge < -0.3 is 9.64 Å².